The molecule has 1 aromatic rings. The monoisotopic (exact) mass is 333 g/mol. The SMILES string of the molecule is CC(C)NCc1ccc(S(=O)(=O)NCCN(C)C(C)C)s1. The molecule has 0 unspecified atom stereocenters. The number of nitrogens with one attached hydrogen (secondary N) is 2. The van der Waals surface area contributed by atoms with Crippen molar-refractivity contribution >= 4 is 21.4 Å². The number of likely N-dealkylation sites (N-methyl/N-ethyl adjacent to an activating group) is 1. The predicted molar refractivity (Wildman–Crippen MR) is 89.2 cm³/mol. The van der Waals surface area contributed by atoms with Crippen molar-refractivity contribution in [2.45, 2.75) is 50.5 Å². The van der Waals surface area contributed by atoms with Crippen LogP contribution in [0.3, 0.4) is 0 Å². The zero-order valence-electron chi connectivity index (χ0n) is 13.5. The van der Waals surface area contributed by atoms with Gasteiger partial charge in [-0.05, 0) is 33.0 Å². The molecule has 0 aromatic carbocycles. The summed E-state index contributed by atoms with van der Waals surface area (Å²) in [6, 6.07) is 4.34. The highest BCUT2D eigenvalue weighted by atomic mass is 32.2. The summed E-state index contributed by atoms with van der Waals surface area (Å²) >= 11 is 1.32. The van der Waals surface area contributed by atoms with Gasteiger partial charge < -0.3 is 10.2 Å². The molecular formula is C14H27N3O2S2. The number of thiophene rings is 1. The summed E-state index contributed by atoms with van der Waals surface area (Å²) < 4.78 is 27.4. The molecule has 0 aliphatic rings. The number of hydrogen-bond donors (Lipinski definition) is 2. The van der Waals surface area contributed by atoms with Crippen molar-refractivity contribution in [3.8, 4) is 0 Å². The van der Waals surface area contributed by atoms with E-state index in [1.807, 2.05) is 13.1 Å². The maximum atomic E-state index is 12.2. The molecule has 1 aromatic heterocycles. The van der Waals surface area contributed by atoms with Crippen molar-refractivity contribution in [1.29, 1.82) is 0 Å². The predicted octanol–water partition coefficient (Wildman–Crippen LogP) is 1.86. The van der Waals surface area contributed by atoms with Crippen LogP contribution in [0.2, 0.25) is 0 Å². The van der Waals surface area contributed by atoms with Crippen LogP contribution >= 0.6 is 11.3 Å². The van der Waals surface area contributed by atoms with Crippen molar-refractivity contribution in [3.05, 3.63) is 17.0 Å². The Hall–Kier alpha value is -0.470. The number of nitrogens with zero attached hydrogens (tertiary/aromatic N) is 1. The van der Waals surface area contributed by atoms with E-state index in [4.69, 9.17) is 0 Å². The molecule has 1 heterocycles. The lowest BCUT2D eigenvalue weighted by Crippen LogP contribution is -2.35. The van der Waals surface area contributed by atoms with Gasteiger partial charge >= 0.3 is 0 Å². The molecule has 0 saturated carbocycles. The Morgan fingerprint density at radius 2 is 1.90 bits per heavy atom. The molecule has 0 atom stereocenters. The molecule has 5 nitrogen and oxygen atoms in total. The van der Waals surface area contributed by atoms with Gasteiger partial charge in [-0.25, -0.2) is 13.1 Å². The van der Waals surface area contributed by atoms with Gasteiger partial charge in [0.1, 0.15) is 4.21 Å². The first-order valence-electron chi connectivity index (χ1n) is 7.24. The lowest BCUT2D eigenvalue weighted by molar-refractivity contribution is 0.278. The van der Waals surface area contributed by atoms with Gasteiger partial charge in [-0.15, -0.1) is 11.3 Å². The molecule has 2 N–H and O–H groups in total. The average Bonchev–Trinajstić information content (AvgIpc) is 2.85. The van der Waals surface area contributed by atoms with Gasteiger partial charge in [-0.2, -0.15) is 0 Å². The van der Waals surface area contributed by atoms with E-state index >= 15 is 0 Å². The fourth-order valence-electron chi connectivity index (χ4n) is 1.59. The third-order valence-corrected chi connectivity index (χ3v) is 6.26. The lowest BCUT2D eigenvalue weighted by atomic mass is 10.3. The Morgan fingerprint density at radius 1 is 1.24 bits per heavy atom. The highest BCUT2D eigenvalue weighted by Crippen LogP contribution is 2.21. The number of sulfonamides is 1. The summed E-state index contributed by atoms with van der Waals surface area (Å²) in [5, 5.41) is 3.29. The van der Waals surface area contributed by atoms with E-state index in [2.05, 4.69) is 42.6 Å². The molecule has 0 aliphatic heterocycles. The lowest BCUT2D eigenvalue weighted by Gasteiger charge is -2.20. The molecule has 122 valence electrons. The third kappa shape index (κ3) is 6.44. The molecule has 7 heteroatoms. The molecular weight excluding hydrogens is 306 g/mol. The number of hydrogen-bond acceptors (Lipinski definition) is 5. The normalized spacial score (nSPS) is 12.8. The highest BCUT2D eigenvalue weighted by molar-refractivity contribution is 7.91. The van der Waals surface area contributed by atoms with E-state index in [-0.39, 0.29) is 0 Å². The standard InChI is InChI=1S/C14H27N3O2S2/c1-11(2)15-10-13-6-7-14(20-13)21(18,19)16-8-9-17(5)12(3)4/h6-7,11-12,15-16H,8-10H2,1-5H3. The Morgan fingerprint density at radius 3 is 2.48 bits per heavy atom. The van der Waals surface area contributed by atoms with E-state index in [1.54, 1.807) is 6.07 Å². The van der Waals surface area contributed by atoms with Crippen LogP contribution in [0.25, 0.3) is 0 Å². The second kappa shape index (κ2) is 8.24. The van der Waals surface area contributed by atoms with E-state index in [0.29, 0.717) is 35.9 Å². The summed E-state index contributed by atoms with van der Waals surface area (Å²) in [6.07, 6.45) is 0. The van der Waals surface area contributed by atoms with Crippen LogP contribution in [0, 0.1) is 0 Å². The van der Waals surface area contributed by atoms with Crippen molar-refractivity contribution in [3.63, 3.8) is 0 Å². The minimum atomic E-state index is -3.39. The highest BCUT2D eigenvalue weighted by Gasteiger charge is 2.16. The molecule has 0 bridgehead atoms. The molecule has 0 amide bonds. The van der Waals surface area contributed by atoms with Crippen molar-refractivity contribution in [2.24, 2.45) is 0 Å². The van der Waals surface area contributed by atoms with Crippen molar-refractivity contribution < 1.29 is 8.42 Å². The summed E-state index contributed by atoms with van der Waals surface area (Å²) in [5.41, 5.74) is 0. The van der Waals surface area contributed by atoms with E-state index in [1.165, 1.54) is 11.3 Å². The maximum Gasteiger partial charge on any atom is 0.250 e. The second-order valence-electron chi connectivity index (χ2n) is 5.73. The minimum Gasteiger partial charge on any atom is -0.310 e. The zero-order valence-corrected chi connectivity index (χ0v) is 15.1. The van der Waals surface area contributed by atoms with Crippen LogP contribution in [0.4, 0.5) is 0 Å². The van der Waals surface area contributed by atoms with E-state index in [0.717, 1.165) is 4.88 Å². The summed E-state index contributed by atoms with van der Waals surface area (Å²) in [4.78, 5) is 3.14. The molecule has 0 spiro atoms. The fourth-order valence-corrected chi connectivity index (χ4v) is 3.96. The second-order valence-corrected chi connectivity index (χ2v) is 8.89. The van der Waals surface area contributed by atoms with Gasteiger partial charge in [0.15, 0.2) is 0 Å². The Kier molecular flexibility index (Phi) is 7.29. The molecule has 0 saturated heterocycles. The fraction of sp³-hybridized carbons (Fsp3) is 0.714. The Bertz CT molecular complexity index is 524. The summed E-state index contributed by atoms with van der Waals surface area (Å²) in [5.74, 6) is 0. The third-order valence-electron chi connectivity index (χ3n) is 3.22. The van der Waals surface area contributed by atoms with Gasteiger partial charge in [0.2, 0.25) is 10.0 Å². The molecule has 21 heavy (non-hydrogen) atoms. The smallest absolute Gasteiger partial charge is 0.250 e. The van der Waals surface area contributed by atoms with Crippen LogP contribution in [0.15, 0.2) is 16.3 Å². The van der Waals surface area contributed by atoms with Gasteiger partial charge in [0.05, 0.1) is 0 Å². The van der Waals surface area contributed by atoms with Crippen LogP contribution in [0.5, 0.6) is 0 Å². The zero-order chi connectivity index (χ0) is 16.0. The topological polar surface area (TPSA) is 61.4 Å². The van der Waals surface area contributed by atoms with Crippen molar-refractivity contribution in [1.82, 2.24) is 14.9 Å². The van der Waals surface area contributed by atoms with Gasteiger partial charge in [0.25, 0.3) is 0 Å². The largest absolute Gasteiger partial charge is 0.310 e. The molecule has 0 fully saturated rings. The molecule has 1 rings (SSSR count). The first-order valence-corrected chi connectivity index (χ1v) is 9.54. The van der Waals surface area contributed by atoms with Gasteiger partial charge in [-0.3, -0.25) is 0 Å². The Labute approximate surface area is 132 Å². The molecule has 0 radical (unpaired) electrons. The first-order chi connectivity index (χ1) is 9.72. The number of rotatable bonds is 9. The van der Waals surface area contributed by atoms with Crippen LogP contribution in [0.1, 0.15) is 32.6 Å². The van der Waals surface area contributed by atoms with Crippen LogP contribution in [-0.4, -0.2) is 45.5 Å². The van der Waals surface area contributed by atoms with Crippen LogP contribution in [-0.2, 0) is 16.6 Å². The molecule has 0 aliphatic carbocycles. The van der Waals surface area contributed by atoms with Gasteiger partial charge in [-0.1, -0.05) is 13.8 Å². The minimum absolute atomic E-state index is 0.384. The van der Waals surface area contributed by atoms with E-state index < -0.39 is 10.0 Å². The summed E-state index contributed by atoms with van der Waals surface area (Å²) in [7, 11) is -1.40. The first kappa shape index (κ1) is 18.6. The quantitative estimate of drug-likeness (QED) is 0.724. The van der Waals surface area contributed by atoms with Crippen molar-refractivity contribution in [2.75, 3.05) is 20.1 Å². The summed E-state index contributed by atoms with van der Waals surface area (Å²) in [6.45, 7) is 10.1. The maximum absolute atomic E-state index is 12.2. The Balaban J connectivity index is 2.54. The van der Waals surface area contributed by atoms with Gasteiger partial charge in [0, 0.05) is 36.6 Å². The average molecular weight is 334 g/mol. The van der Waals surface area contributed by atoms with Crippen LogP contribution < -0.4 is 10.0 Å². The van der Waals surface area contributed by atoms with E-state index in [9.17, 15) is 8.42 Å².